The summed E-state index contributed by atoms with van der Waals surface area (Å²) in [5.74, 6) is 1.17. The molecule has 3 heteroatoms. The van der Waals surface area contributed by atoms with Crippen molar-refractivity contribution in [3.8, 4) is 5.75 Å². The van der Waals surface area contributed by atoms with E-state index in [9.17, 15) is 5.11 Å². The smallest absolute Gasteiger partial charge is 0.124 e. The second-order valence-corrected chi connectivity index (χ2v) is 5.94. The van der Waals surface area contributed by atoms with Gasteiger partial charge in [-0.3, -0.25) is 0 Å². The summed E-state index contributed by atoms with van der Waals surface area (Å²) in [6.07, 6.45) is -0.0988. The van der Waals surface area contributed by atoms with E-state index in [-0.39, 0.29) is 0 Å². The van der Waals surface area contributed by atoms with E-state index in [1.165, 1.54) is 5.56 Å². The molecule has 2 rings (SSSR count). The zero-order chi connectivity index (χ0) is 15.4. The molecule has 2 aromatic carbocycles. The lowest BCUT2D eigenvalue weighted by Crippen LogP contribution is -2.04. The fraction of sp³-hybridized carbons (Fsp3) is 0.333. The van der Waals surface area contributed by atoms with E-state index in [1.807, 2.05) is 0 Å². The number of aliphatic hydroxyl groups excluding tert-OH is 1. The lowest BCUT2D eigenvalue weighted by Gasteiger charge is -2.16. The third-order valence-corrected chi connectivity index (χ3v) is 3.86. The van der Waals surface area contributed by atoms with E-state index in [0.29, 0.717) is 23.1 Å². The Morgan fingerprint density at radius 1 is 1.10 bits per heavy atom. The zero-order valence-electron chi connectivity index (χ0n) is 12.6. The largest absolute Gasteiger partial charge is 0.496 e. The van der Waals surface area contributed by atoms with E-state index in [0.717, 1.165) is 11.1 Å². The van der Waals surface area contributed by atoms with Gasteiger partial charge in [0.25, 0.3) is 0 Å². The summed E-state index contributed by atoms with van der Waals surface area (Å²) in [5, 5.41) is 11.0. The minimum absolute atomic E-state index is 0.511. The van der Waals surface area contributed by atoms with Crippen LogP contribution in [0.1, 0.15) is 42.6 Å². The predicted octanol–water partition coefficient (Wildman–Crippen LogP) is 4.75. The number of ether oxygens (including phenoxy) is 1. The first kappa shape index (κ1) is 15.9. The maximum absolute atomic E-state index is 10.5. The van der Waals surface area contributed by atoms with Crippen molar-refractivity contribution in [3.63, 3.8) is 0 Å². The van der Waals surface area contributed by atoms with Crippen LogP contribution < -0.4 is 4.74 Å². The van der Waals surface area contributed by atoms with Crippen LogP contribution in [0.2, 0.25) is 5.02 Å². The normalized spacial score (nSPS) is 12.5. The van der Waals surface area contributed by atoms with Gasteiger partial charge in [0.1, 0.15) is 5.75 Å². The fourth-order valence-electron chi connectivity index (χ4n) is 2.34. The molecule has 0 aliphatic carbocycles. The molecular formula is C18H21ClO2. The van der Waals surface area contributed by atoms with Crippen molar-refractivity contribution in [1.82, 2.24) is 0 Å². The molecule has 1 atom stereocenters. The standard InChI is InChI=1S/C18H21ClO2/c1-12(2)14-6-4-13(5-7-14)10-17(20)16-11-15(19)8-9-18(16)21-3/h4-9,11-12,17,20H,10H2,1-3H3. The quantitative estimate of drug-likeness (QED) is 0.864. The van der Waals surface area contributed by atoms with Crippen LogP contribution in [0.15, 0.2) is 42.5 Å². The van der Waals surface area contributed by atoms with Crippen LogP contribution in [0.25, 0.3) is 0 Å². The highest BCUT2D eigenvalue weighted by molar-refractivity contribution is 6.30. The predicted molar refractivity (Wildman–Crippen MR) is 87.2 cm³/mol. The number of hydrogen-bond acceptors (Lipinski definition) is 2. The van der Waals surface area contributed by atoms with Gasteiger partial charge in [-0.05, 0) is 35.2 Å². The van der Waals surface area contributed by atoms with E-state index in [1.54, 1.807) is 25.3 Å². The summed E-state index contributed by atoms with van der Waals surface area (Å²) in [5.41, 5.74) is 3.11. The zero-order valence-corrected chi connectivity index (χ0v) is 13.4. The number of aliphatic hydroxyl groups is 1. The van der Waals surface area contributed by atoms with Crippen molar-refractivity contribution in [2.24, 2.45) is 0 Å². The number of halogens is 1. The molecule has 2 aromatic rings. The van der Waals surface area contributed by atoms with Crippen LogP contribution in [0.4, 0.5) is 0 Å². The van der Waals surface area contributed by atoms with Crippen molar-refractivity contribution in [2.75, 3.05) is 7.11 Å². The minimum Gasteiger partial charge on any atom is -0.496 e. The second-order valence-electron chi connectivity index (χ2n) is 5.50. The topological polar surface area (TPSA) is 29.5 Å². The average Bonchev–Trinajstić information content (AvgIpc) is 2.47. The molecule has 0 aliphatic heterocycles. The number of benzene rings is 2. The average molecular weight is 305 g/mol. The van der Waals surface area contributed by atoms with Gasteiger partial charge in [0, 0.05) is 17.0 Å². The Morgan fingerprint density at radius 3 is 2.33 bits per heavy atom. The Kier molecular flexibility index (Phi) is 5.27. The van der Waals surface area contributed by atoms with Crippen molar-refractivity contribution < 1.29 is 9.84 Å². The molecule has 0 heterocycles. The molecule has 0 spiro atoms. The van der Waals surface area contributed by atoms with Gasteiger partial charge in [0.05, 0.1) is 13.2 Å². The van der Waals surface area contributed by atoms with Gasteiger partial charge in [-0.15, -0.1) is 0 Å². The summed E-state index contributed by atoms with van der Waals surface area (Å²) in [7, 11) is 1.59. The summed E-state index contributed by atoms with van der Waals surface area (Å²) in [6, 6.07) is 13.7. The lowest BCUT2D eigenvalue weighted by atomic mass is 9.97. The molecule has 0 saturated heterocycles. The molecular weight excluding hydrogens is 284 g/mol. The van der Waals surface area contributed by atoms with Gasteiger partial charge < -0.3 is 9.84 Å². The highest BCUT2D eigenvalue weighted by Crippen LogP contribution is 2.30. The highest BCUT2D eigenvalue weighted by atomic mass is 35.5. The Balaban J connectivity index is 2.17. The number of hydrogen-bond donors (Lipinski definition) is 1. The van der Waals surface area contributed by atoms with Crippen molar-refractivity contribution in [3.05, 3.63) is 64.2 Å². The first-order valence-electron chi connectivity index (χ1n) is 7.11. The Morgan fingerprint density at radius 2 is 1.76 bits per heavy atom. The Labute approximate surface area is 131 Å². The fourth-order valence-corrected chi connectivity index (χ4v) is 2.52. The van der Waals surface area contributed by atoms with Gasteiger partial charge in [0.15, 0.2) is 0 Å². The molecule has 0 fully saturated rings. The first-order chi connectivity index (χ1) is 10.0. The van der Waals surface area contributed by atoms with E-state index >= 15 is 0 Å². The molecule has 112 valence electrons. The van der Waals surface area contributed by atoms with Crippen molar-refractivity contribution in [1.29, 1.82) is 0 Å². The Hall–Kier alpha value is -1.51. The summed E-state index contributed by atoms with van der Waals surface area (Å²) in [6.45, 7) is 4.33. The monoisotopic (exact) mass is 304 g/mol. The third kappa shape index (κ3) is 3.99. The third-order valence-electron chi connectivity index (χ3n) is 3.63. The van der Waals surface area contributed by atoms with Crippen LogP contribution in [0.3, 0.4) is 0 Å². The SMILES string of the molecule is COc1ccc(Cl)cc1C(O)Cc1ccc(C(C)C)cc1. The molecule has 1 N–H and O–H groups in total. The summed E-state index contributed by atoms with van der Waals surface area (Å²) in [4.78, 5) is 0. The maximum atomic E-state index is 10.5. The van der Waals surface area contributed by atoms with Gasteiger partial charge in [-0.25, -0.2) is 0 Å². The van der Waals surface area contributed by atoms with Gasteiger partial charge >= 0.3 is 0 Å². The van der Waals surface area contributed by atoms with Gasteiger partial charge in [-0.1, -0.05) is 49.7 Å². The molecule has 0 aromatic heterocycles. The second kappa shape index (κ2) is 6.97. The van der Waals surface area contributed by atoms with Crippen LogP contribution in [-0.4, -0.2) is 12.2 Å². The van der Waals surface area contributed by atoms with Crippen LogP contribution in [-0.2, 0) is 6.42 Å². The van der Waals surface area contributed by atoms with Crippen LogP contribution >= 0.6 is 11.6 Å². The lowest BCUT2D eigenvalue weighted by molar-refractivity contribution is 0.174. The molecule has 21 heavy (non-hydrogen) atoms. The molecule has 0 radical (unpaired) electrons. The number of methoxy groups -OCH3 is 1. The Bertz CT molecular complexity index is 591. The number of rotatable bonds is 5. The molecule has 2 nitrogen and oxygen atoms in total. The van der Waals surface area contributed by atoms with E-state index < -0.39 is 6.10 Å². The van der Waals surface area contributed by atoms with E-state index in [2.05, 4.69) is 38.1 Å². The molecule has 0 saturated carbocycles. The highest BCUT2D eigenvalue weighted by Gasteiger charge is 2.14. The molecule has 0 amide bonds. The summed E-state index contributed by atoms with van der Waals surface area (Å²) < 4.78 is 5.29. The van der Waals surface area contributed by atoms with Crippen LogP contribution in [0.5, 0.6) is 5.75 Å². The summed E-state index contributed by atoms with van der Waals surface area (Å²) >= 11 is 6.01. The first-order valence-corrected chi connectivity index (χ1v) is 7.49. The van der Waals surface area contributed by atoms with Gasteiger partial charge in [0.2, 0.25) is 0 Å². The van der Waals surface area contributed by atoms with Crippen LogP contribution in [0, 0.1) is 0 Å². The molecule has 0 bridgehead atoms. The van der Waals surface area contributed by atoms with Crippen molar-refractivity contribution in [2.45, 2.75) is 32.3 Å². The maximum Gasteiger partial charge on any atom is 0.124 e. The van der Waals surface area contributed by atoms with Crippen molar-refractivity contribution >= 4 is 11.6 Å². The molecule has 0 aliphatic rings. The minimum atomic E-state index is -0.636. The van der Waals surface area contributed by atoms with Gasteiger partial charge in [-0.2, -0.15) is 0 Å². The molecule has 1 unspecified atom stereocenters. The van der Waals surface area contributed by atoms with E-state index in [4.69, 9.17) is 16.3 Å².